The first-order valence-electron chi connectivity index (χ1n) is 4.32. The van der Waals surface area contributed by atoms with Crippen molar-refractivity contribution in [2.75, 3.05) is 14.1 Å². The highest BCUT2D eigenvalue weighted by atomic mass is 16.1. The third kappa shape index (κ3) is 1.75. The minimum Gasteiger partial charge on any atom is -0.305 e. The van der Waals surface area contributed by atoms with Gasteiger partial charge in [0.2, 0.25) is 0 Å². The van der Waals surface area contributed by atoms with E-state index < -0.39 is 0 Å². The molecule has 1 aliphatic carbocycles. The molecule has 12 heavy (non-hydrogen) atoms. The van der Waals surface area contributed by atoms with Crippen molar-refractivity contribution in [1.29, 1.82) is 0 Å². The zero-order valence-corrected chi connectivity index (χ0v) is 8.29. The third-order valence-corrected chi connectivity index (χ3v) is 2.58. The molecule has 0 heterocycles. The third-order valence-electron chi connectivity index (χ3n) is 2.58. The Bertz CT molecular complexity index is 216. The number of ketones is 1. The van der Waals surface area contributed by atoms with Crippen LogP contribution in [0.2, 0.25) is 0 Å². The second-order valence-corrected chi connectivity index (χ2v) is 4.30. The second-order valence-electron chi connectivity index (χ2n) is 4.30. The summed E-state index contributed by atoms with van der Waals surface area (Å²) in [6.45, 7) is 4.33. The van der Waals surface area contributed by atoms with Crippen molar-refractivity contribution < 1.29 is 4.79 Å². The van der Waals surface area contributed by atoms with E-state index in [1.54, 1.807) is 6.08 Å². The van der Waals surface area contributed by atoms with Crippen LogP contribution < -0.4 is 0 Å². The maximum Gasteiger partial charge on any atom is 0.156 e. The van der Waals surface area contributed by atoms with E-state index >= 15 is 0 Å². The van der Waals surface area contributed by atoms with Crippen LogP contribution in [-0.4, -0.2) is 30.8 Å². The number of allylic oxidation sites excluding steroid dienone is 1. The molecule has 0 aromatic carbocycles. The Morgan fingerprint density at radius 2 is 2.08 bits per heavy atom. The van der Waals surface area contributed by atoms with E-state index in [2.05, 4.69) is 18.7 Å². The molecule has 0 saturated carbocycles. The van der Waals surface area contributed by atoms with Crippen LogP contribution >= 0.6 is 0 Å². The Morgan fingerprint density at radius 3 is 2.50 bits per heavy atom. The maximum absolute atomic E-state index is 11.2. The van der Waals surface area contributed by atoms with Gasteiger partial charge in [0, 0.05) is 12.5 Å². The van der Waals surface area contributed by atoms with Crippen LogP contribution in [0.5, 0.6) is 0 Å². The van der Waals surface area contributed by atoms with E-state index in [-0.39, 0.29) is 11.2 Å². The average molecular weight is 167 g/mol. The van der Waals surface area contributed by atoms with E-state index in [0.29, 0.717) is 12.5 Å². The fourth-order valence-electron chi connectivity index (χ4n) is 1.79. The Morgan fingerprint density at radius 1 is 1.50 bits per heavy atom. The van der Waals surface area contributed by atoms with Gasteiger partial charge in [-0.15, -0.1) is 0 Å². The summed E-state index contributed by atoms with van der Waals surface area (Å²) >= 11 is 0. The average Bonchev–Trinajstić information content (AvgIpc) is 1.94. The first-order chi connectivity index (χ1) is 5.43. The highest BCUT2D eigenvalue weighted by Crippen LogP contribution is 2.31. The lowest BCUT2D eigenvalue weighted by Crippen LogP contribution is -2.43. The first kappa shape index (κ1) is 9.46. The largest absolute Gasteiger partial charge is 0.305 e. The second kappa shape index (κ2) is 3.02. The standard InChI is InChI=1S/C10H17NO/c1-10(2)6-5-8(12)7-9(10)11(3)4/h5-6,9H,7H2,1-4H3. The SMILES string of the molecule is CN(C)C1CC(=O)C=CC1(C)C. The quantitative estimate of drug-likeness (QED) is 0.589. The van der Waals surface area contributed by atoms with E-state index in [0.717, 1.165) is 0 Å². The molecule has 1 rings (SSSR count). The number of rotatable bonds is 1. The monoisotopic (exact) mass is 167 g/mol. The van der Waals surface area contributed by atoms with Gasteiger partial charge in [-0.3, -0.25) is 4.79 Å². The summed E-state index contributed by atoms with van der Waals surface area (Å²) in [5.74, 6) is 0.244. The van der Waals surface area contributed by atoms with E-state index in [4.69, 9.17) is 0 Å². The zero-order valence-electron chi connectivity index (χ0n) is 8.29. The summed E-state index contributed by atoms with van der Waals surface area (Å²) in [7, 11) is 4.05. The molecular weight excluding hydrogens is 150 g/mol. The Kier molecular flexibility index (Phi) is 2.38. The molecule has 1 aliphatic rings. The maximum atomic E-state index is 11.2. The van der Waals surface area contributed by atoms with Crippen molar-refractivity contribution in [3.63, 3.8) is 0 Å². The highest BCUT2D eigenvalue weighted by molar-refractivity contribution is 5.91. The molecule has 0 aromatic rings. The molecule has 0 spiro atoms. The van der Waals surface area contributed by atoms with Gasteiger partial charge in [-0.05, 0) is 25.6 Å². The molecular formula is C10H17NO. The zero-order chi connectivity index (χ0) is 9.35. The van der Waals surface area contributed by atoms with Gasteiger partial charge >= 0.3 is 0 Å². The van der Waals surface area contributed by atoms with Crippen molar-refractivity contribution in [3.8, 4) is 0 Å². The lowest BCUT2D eigenvalue weighted by molar-refractivity contribution is -0.117. The summed E-state index contributed by atoms with van der Waals surface area (Å²) in [4.78, 5) is 13.3. The molecule has 0 fully saturated rings. The summed E-state index contributed by atoms with van der Waals surface area (Å²) in [6.07, 6.45) is 4.38. The highest BCUT2D eigenvalue weighted by Gasteiger charge is 2.33. The molecule has 0 aromatic heterocycles. The van der Waals surface area contributed by atoms with Crippen molar-refractivity contribution in [3.05, 3.63) is 12.2 Å². The molecule has 0 radical (unpaired) electrons. The molecule has 2 heteroatoms. The summed E-state index contributed by atoms with van der Waals surface area (Å²) in [6, 6.07) is 0.343. The Balaban J connectivity index is 2.86. The van der Waals surface area contributed by atoms with E-state index in [9.17, 15) is 4.79 Å². The van der Waals surface area contributed by atoms with Crippen LogP contribution in [0.15, 0.2) is 12.2 Å². The molecule has 0 amide bonds. The Hall–Kier alpha value is -0.630. The summed E-state index contributed by atoms with van der Waals surface area (Å²) in [5.41, 5.74) is 0.122. The van der Waals surface area contributed by atoms with Gasteiger partial charge in [0.15, 0.2) is 5.78 Å². The van der Waals surface area contributed by atoms with Crippen LogP contribution in [0.25, 0.3) is 0 Å². The molecule has 1 unspecified atom stereocenters. The van der Waals surface area contributed by atoms with Gasteiger partial charge < -0.3 is 4.90 Å². The predicted octanol–water partition coefficient (Wildman–Crippen LogP) is 1.47. The molecule has 0 aliphatic heterocycles. The van der Waals surface area contributed by atoms with Crippen LogP contribution in [0, 0.1) is 5.41 Å². The van der Waals surface area contributed by atoms with Crippen molar-refractivity contribution in [1.82, 2.24) is 4.90 Å². The molecule has 1 atom stereocenters. The fourth-order valence-corrected chi connectivity index (χ4v) is 1.79. The van der Waals surface area contributed by atoms with Crippen LogP contribution in [0.1, 0.15) is 20.3 Å². The van der Waals surface area contributed by atoms with E-state index in [1.807, 2.05) is 20.2 Å². The normalized spacial score (nSPS) is 28.1. The smallest absolute Gasteiger partial charge is 0.156 e. The number of carbonyl (C=O) groups excluding carboxylic acids is 1. The molecule has 2 nitrogen and oxygen atoms in total. The minimum absolute atomic E-state index is 0.122. The lowest BCUT2D eigenvalue weighted by atomic mass is 9.77. The minimum atomic E-state index is 0.122. The predicted molar refractivity (Wildman–Crippen MR) is 50.0 cm³/mol. The van der Waals surface area contributed by atoms with Gasteiger partial charge in [-0.1, -0.05) is 19.9 Å². The van der Waals surface area contributed by atoms with Gasteiger partial charge in [0.05, 0.1) is 0 Å². The lowest BCUT2D eigenvalue weighted by Gasteiger charge is -2.38. The van der Waals surface area contributed by atoms with Gasteiger partial charge in [0.1, 0.15) is 0 Å². The van der Waals surface area contributed by atoms with Gasteiger partial charge in [0.25, 0.3) is 0 Å². The van der Waals surface area contributed by atoms with Gasteiger partial charge in [-0.25, -0.2) is 0 Å². The molecule has 0 bridgehead atoms. The molecule has 68 valence electrons. The van der Waals surface area contributed by atoms with Crippen LogP contribution in [0.4, 0.5) is 0 Å². The number of hydrogen-bond acceptors (Lipinski definition) is 2. The van der Waals surface area contributed by atoms with E-state index in [1.165, 1.54) is 0 Å². The Labute approximate surface area is 74.2 Å². The number of carbonyl (C=O) groups is 1. The first-order valence-corrected chi connectivity index (χ1v) is 4.32. The molecule has 0 saturated heterocycles. The van der Waals surface area contributed by atoms with Gasteiger partial charge in [-0.2, -0.15) is 0 Å². The summed E-state index contributed by atoms with van der Waals surface area (Å²) < 4.78 is 0. The number of hydrogen-bond donors (Lipinski definition) is 0. The summed E-state index contributed by atoms with van der Waals surface area (Å²) in [5, 5.41) is 0. The number of nitrogens with zero attached hydrogens (tertiary/aromatic N) is 1. The fraction of sp³-hybridized carbons (Fsp3) is 0.700. The van der Waals surface area contributed by atoms with Crippen LogP contribution in [0.3, 0.4) is 0 Å². The molecule has 0 N–H and O–H groups in total. The van der Waals surface area contributed by atoms with Crippen LogP contribution in [-0.2, 0) is 4.79 Å². The topological polar surface area (TPSA) is 20.3 Å². The van der Waals surface area contributed by atoms with Crippen molar-refractivity contribution in [2.24, 2.45) is 5.41 Å². The van der Waals surface area contributed by atoms with Crippen molar-refractivity contribution >= 4 is 5.78 Å². The van der Waals surface area contributed by atoms with Crippen molar-refractivity contribution in [2.45, 2.75) is 26.3 Å².